The van der Waals surface area contributed by atoms with Crippen molar-refractivity contribution < 1.29 is 14.7 Å². The number of aliphatic carboxylic acids is 1. The van der Waals surface area contributed by atoms with Crippen molar-refractivity contribution in [1.29, 1.82) is 0 Å². The molecule has 0 spiro atoms. The molecule has 0 aliphatic carbocycles. The Hall–Kier alpha value is -2.74. The second-order valence-electron chi connectivity index (χ2n) is 5.49. The third kappa shape index (κ3) is 3.13. The van der Waals surface area contributed by atoms with Crippen LogP contribution in [0.15, 0.2) is 48.5 Å². The molecule has 0 radical (unpaired) electrons. The summed E-state index contributed by atoms with van der Waals surface area (Å²) in [5.74, 6) is -1.05. The van der Waals surface area contributed by atoms with Gasteiger partial charge < -0.3 is 10.4 Å². The summed E-state index contributed by atoms with van der Waals surface area (Å²) in [4.78, 5) is 22.8. The van der Waals surface area contributed by atoms with Gasteiger partial charge in [-0.15, -0.1) is 0 Å². The Morgan fingerprint density at radius 1 is 0.958 bits per heavy atom. The van der Waals surface area contributed by atoms with E-state index in [1.54, 1.807) is 19.2 Å². The lowest BCUT2D eigenvalue weighted by Gasteiger charge is -2.15. The fraction of sp³-hybridized carbons (Fsp3) is 0.176. The standard InChI is InChI=1S/C17H18N4O3/c1-18-16(22)13-8-4-11(5-9-13)10-2-6-12(7-3-10)14-15(17(23)24)20-21-19-14/h2-9,14-15,19-21H,1H3,(H,18,22)(H,23,24). The van der Waals surface area contributed by atoms with Crippen LogP contribution in [-0.2, 0) is 4.79 Å². The van der Waals surface area contributed by atoms with E-state index in [9.17, 15) is 14.7 Å². The van der Waals surface area contributed by atoms with Gasteiger partial charge in [-0.25, -0.2) is 10.9 Å². The molecule has 1 aliphatic rings. The lowest BCUT2D eigenvalue weighted by atomic mass is 9.97. The van der Waals surface area contributed by atoms with Crippen LogP contribution in [0.25, 0.3) is 11.1 Å². The monoisotopic (exact) mass is 326 g/mol. The van der Waals surface area contributed by atoms with Crippen LogP contribution in [0.1, 0.15) is 22.0 Å². The van der Waals surface area contributed by atoms with Gasteiger partial charge in [0, 0.05) is 12.6 Å². The zero-order chi connectivity index (χ0) is 17.1. The molecule has 0 saturated carbocycles. The number of rotatable bonds is 4. The molecular formula is C17H18N4O3. The van der Waals surface area contributed by atoms with E-state index in [-0.39, 0.29) is 11.9 Å². The molecule has 2 atom stereocenters. The normalized spacial score (nSPS) is 19.9. The van der Waals surface area contributed by atoms with Gasteiger partial charge in [-0.3, -0.25) is 9.59 Å². The first-order valence-corrected chi connectivity index (χ1v) is 7.51. The van der Waals surface area contributed by atoms with Crippen LogP contribution in [0, 0.1) is 0 Å². The van der Waals surface area contributed by atoms with Gasteiger partial charge in [0.1, 0.15) is 6.04 Å². The Balaban J connectivity index is 1.79. The molecule has 2 aromatic rings. The Morgan fingerprint density at radius 3 is 2.08 bits per heavy atom. The summed E-state index contributed by atoms with van der Waals surface area (Å²) in [5.41, 5.74) is 11.7. The molecule has 1 fully saturated rings. The second-order valence-corrected chi connectivity index (χ2v) is 5.49. The minimum absolute atomic E-state index is 0.121. The van der Waals surface area contributed by atoms with Gasteiger partial charge >= 0.3 is 5.97 Å². The van der Waals surface area contributed by atoms with E-state index < -0.39 is 12.0 Å². The molecule has 5 N–H and O–H groups in total. The Labute approximate surface area is 139 Å². The van der Waals surface area contributed by atoms with Crippen molar-refractivity contribution in [1.82, 2.24) is 21.7 Å². The molecule has 7 heteroatoms. The van der Waals surface area contributed by atoms with Crippen molar-refractivity contribution in [2.24, 2.45) is 0 Å². The molecular weight excluding hydrogens is 308 g/mol. The lowest BCUT2D eigenvalue weighted by molar-refractivity contribution is -0.139. The number of hydrazine groups is 2. The number of hydrogen-bond donors (Lipinski definition) is 5. The van der Waals surface area contributed by atoms with E-state index in [1.165, 1.54) is 0 Å². The van der Waals surface area contributed by atoms with Gasteiger partial charge in [0.15, 0.2) is 0 Å². The molecule has 124 valence electrons. The summed E-state index contributed by atoms with van der Waals surface area (Å²) in [6, 6.07) is 13.9. The zero-order valence-corrected chi connectivity index (χ0v) is 13.0. The maximum atomic E-state index is 11.6. The molecule has 24 heavy (non-hydrogen) atoms. The second kappa shape index (κ2) is 6.79. The number of carboxylic acid groups (broad SMARTS) is 1. The van der Waals surface area contributed by atoms with Crippen molar-refractivity contribution in [3.63, 3.8) is 0 Å². The molecule has 1 saturated heterocycles. The number of benzene rings is 2. The van der Waals surface area contributed by atoms with Crippen LogP contribution < -0.4 is 21.7 Å². The number of hydrogen-bond acceptors (Lipinski definition) is 5. The van der Waals surface area contributed by atoms with E-state index in [4.69, 9.17) is 0 Å². The van der Waals surface area contributed by atoms with Crippen molar-refractivity contribution in [3.05, 3.63) is 59.7 Å². The lowest BCUT2D eigenvalue weighted by Crippen LogP contribution is -2.38. The highest BCUT2D eigenvalue weighted by Gasteiger charge is 2.33. The number of amides is 1. The fourth-order valence-corrected chi connectivity index (χ4v) is 2.69. The van der Waals surface area contributed by atoms with E-state index >= 15 is 0 Å². The van der Waals surface area contributed by atoms with Gasteiger partial charge in [0.05, 0.1) is 6.04 Å². The summed E-state index contributed by atoms with van der Waals surface area (Å²) < 4.78 is 0. The predicted molar refractivity (Wildman–Crippen MR) is 88.8 cm³/mol. The SMILES string of the molecule is CNC(=O)c1ccc(-c2ccc(C3NNNC3C(=O)O)cc2)cc1. The maximum absolute atomic E-state index is 11.6. The Morgan fingerprint density at radius 2 is 1.54 bits per heavy atom. The van der Waals surface area contributed by atoms with Gasteiger partial charge in [0.25, 0.3) is 5.91 Å². The molecule has 2 unspecified atom stereocenters. The van der Waals surface area contributed by atoms with Crippen molar-refractivity contribution >= 4 is 11.9 Å². The summed E-state index contributed by atoms with van der Waals surface area (Å²) in [7, 11) is 1.60. The van der Waals surface area contributed by atoms with Crippen LogP contribution >= 0.6 is 0 Å². The molecule has 1 heterocycles. The predicted octanol–water partition coefficient (Wildman–Crippen LogP) is 0.820. The number of carbonyl (C=O) groups is 2. The van der Waals surface area contributed by atoms with Gasteiger partial charge in [-0.1, -0.05) is 36.4 Å². The van der Waals surface area contributed by atoms with Gasteiger partial charge in [-0.05, 0) is 28.8 Å². The first-order chi connectivity index (χ1) is 11.6. The molecule has 0 aromatic heterocycles. The van der Waals surface area contributed by atoms with E-state index in [0.29, 0.717) is 5.56 Å². The molecule has 3 rings (SSSR count). The van der Waals surface area contributed by atoms with Crippen LogP contribution in [-0.4, -0.2) is 30.1 Å². The highest BCUT2D eigenvalue weighted by atomic mass is 16.4. The zero-order valence-electron chi connectivity index (χ0n) is 13.0. The maximum Gasteiger partial charge on any atom is 0.324 e. The van der Waals surface area contributed by atoms with Crippen LogP contribution in [0.3, 0.4) is 0 Å². The number of nitrogens with one attached hydrogen (secondary N) is 4. The van der Waals surface area contributed by atoms with E-state index in [1.807, 2.05) is 36.4 Å². The van der Waals surface area contributed by atoms with Crippen LogP contribution in [0.2, 0.25) is 0 Å². The van der Waals surface area contributed by atoms with Gasteiger partial charge in [0.2, 0.25) is 0 Å². The first kappa shape index (κ1) is 16.1. The molecule has 1 aliphatic heterocycles. The van der Waals surface area contributed by atoms with Crippen molar-refractivity contribution in [3.8, 4) is 11.1 Å². The summed E-state index contributed by atoms with van der Waals surface area (Å²) in [6.45, 7) is 0. The van der Waals surface area contributed by atoms with Crippen LogP contribution in [0.4, 0.5) is 0 Å². The topological polar surface area (TPSA) is 102 Å². The number of carboxylic acids is 1. The minimum atomic E-state index is -0.925. The molecule has 1 amide bonds. The largest absolute Gasteiger partial charge is 0.480 e. The quantitative estimate of drug-likeness (QED) is 0.570. The molecule has 7 nitrogen and oxygen atoms in total. The van der Waals surface area contributed by atoms with E-state index in [2.05, 4.69) is 21.7 Å². The van der Waals surface area contributed by atoms with Crippen LogP contribution in [0.5, 0.6) is 0 Å². The molecule has 2 aromatic carbocycles. The third-order valence-corrected chi connectivity index (χ3v) is 4.03. The summed E-state index contributed by atoms with van der Waals surface area (Å²) >= 11 is 0. The van der Waals surface area contributed by atoms with E-state index in [0.717, 1.165) is 16.7 Å². The Kier molecular flexibility index (Phi) is 4.57. The fourth-order valence-electron chi connectivity index (χ4n) is 2.69. The average Bonchev–Trinajstić information content (AvgIpc) is 3.11. The average molecular weight is 326 g/mol. The Bertz CT molecular complexity index is 743. The minimum Gasteiger partial charge on any atom is -0.480 e. The smallest absolute Gasteiger partial charge is 0.324 e. The van der Waals surface area contributed by atoms with Crippen molar-refractivity contribution in [2.75, 3.05) is 7.05 Å². The summed E-state index contributed by atoms with van der Waals surface area (Å²) in [6.07, 6.45) is 0. The summed E-state index contributed by atoms with van der Waals surface area (Å²) in [5, 5.41) is 11.8. The van der Waals surface area contributed by atoms with Crippen molar-refractivity contribution in [2.45, 2.75) is 12.1 Å². The first-order valence-electron chi connectivity index (χ1n) is 7.51. The van der Waals surface area contributed by atoms with Gasteiger partial charge in [-0.2, -0.15) is 5.53 Å². The highest BCUT2D eigenvalue weighted by Crippen LogP contribution is 2.24. The molecule has 0 bridgehead atoms. The highest BCUT2D eigenvalue weighted by molar-refractivity contribution is 5.94. The third-order valence-electron chi connectivity index (χ3n) is 4.03. The number of carbonyl (C=O) groups excluding carboxylic acids is 1.